The van der Waals surface area contributed by atoms with Gasteiger partial charge in [0.25, 0.3) is 5.91 Å². The average Bonchev–Trinajstić information content (AvgIpc) is 3.16. The highest BCUT2D eigenvalue weighted by molar-refractivity contribution is 7.80. The average molecular weight is 554 g/mol. The Morgan fingerprint density at radius 2 is 1.59 bits per heavy atom. The lowest BCUT2D eigenvalue weighted by Gasteiger charge is -2.34. The summed E-state index contributed by atoms with van der Waals surface area (Å²) < 4.78 is 11.2. The SMILES string of the molecule is CCCOc1ccc(NC(=O)CC2C(=O)N(c3ccc(OCC)cc3)C(=S)N2CCN2CCN(C)CC2)cc1. The molecule has 1 atom stereocenters. The van der Waals surface area contributed by atoms with Crippen LogP contribution in [0.15, 0.2) is 48.5 Å². The summed E-state index contributed by atoms with van der Waals surface area (Å²) in [6.45, 7) is 10.5. The number of anilines is 2. The smallest absolute Gasteiger partial charge is 0.256 e. The van der Waals surface area contributed by atoms with Crippen LogP contribution in [0.3, 0.4) is 0 Å². The number of carbonyl (C=O) groups is 2. The summed E-state index contributed by atoms with van der Waals surface area (Å²) >= 11 is 5.83. The molecule has 4 rings (SSSR count). The molecule has 39 heavy (non-hydrogen) atoms. The van der Waals surface area contributed by atoms with E-state index < -0.39 is 6.04 Å². The second-order valence-electron chi connectivity index (χ2n) is 9.86. The van der Waals surface area contributed by atoms with Gasteiger partial charge in [-0.05, 0) is 81.1 Å². The zero-order chi connectivity index (χ0) is 27.8. The van der Waals surface area contributed by atoms with Crippen molar-refractivity contribution in [1.82, 2.24) is 14.7 Å². The Morgan fingerprint density at radius 3 is 2.23 bits per heavy atom. The van der Waals surface area contributed by atoms with E-state index in [1.54, 1.807) is 17.0 Å². The third kappa shape index (κ3) is 7.46. The third-order valence-electron chi connectivity index (χ3n) is 6.97. The first-order chi connectivity index (χ1) is 18.9. The zero-order valence-electron chi connectivity index (χ0n) is 23.1. The number of hydrogen-bond acceptors (Lipinski definition) is 7. The molecule has 1 N–H and O–H groups in total. The molecule has 9 nitrogen and oxygen atoms in total. The summed E-state index contributed by atoms with van der Waals surface area (Å²) in [5.74, 6) is 1.05. The number of nitrogens with zero attached hydrogens (tertiary/aromatic N) is 4. The highest BCUT2D eigenvalue weighted by Gasteiger charge is 2.44. The summed E-state index contributed by atoms with van der Waals surface area (Å²) in [6.07, 6.45) is 0.929. The van der Waals surface area contributed by atoms with Gasteiger partial charge in [0, 0.05) is 45.0 Å². The van der Waals surface area contributed by atoms with Gasteiger partial charge in [-0.1, -0.05) is 6.92 Å². The summed E-state index contributed by atoms with van der Waals surface area (Å²) in [5.41, 5.74) is 1.33. The summed E-state index contributed by atoms with van der Waals surface area (Å²) in [7, 11) is 2.13. The van der Waals surface area contributed by atoms with Gasteiger partial charge in [-0.15, -0.1) is 0 Å². The highest BCUT2D eigenvalue weighted by Crippen LogP contribution is 2.29. The van der Waals surface area contributed by atoms with Crippen molar-refractivity contribution in [2.75, 3.05) is 69.7 Å². The number of benzene rings is 2. The Morgan fingerprint density at radius 1 is 0.949 bits per heavy atom. The van der Waals surface area contributed by atoms with Crippen molar-refractivity contribution >= 4 is 40.5 Å². The third-order valence-corrected chi connectivity index (χ3v) is 7.38. The van der Waals surface area contributed by atoms with Crippen molar-refractivity contribution in [2.24, 2.45) is 0 Å². The Balaban J connectivity index is 1.47. The van der Waals surface area contributed by atoms with Crippen LogP contribution in [0.2, 0.25) is 0 Å². The first-order valence-corrected chi connectivity index (χ1v) is 14.1. The van der Waals surface area contributed by atoms with Gasteiger partial charge >= 0.3 is 0 Å². The molecule has 10 heteroatoms. The van der Waals surface area contributed by atoms with Crippen LogP contribution < -0.4 is 19.7 Å². The van der Waals surface area contributed by atoms with Gasteiger partial charge in [-0.25, -0.2) is 0 Å². The molecule has 2 saturated heterocycles. The van der Waals surface area contributed by atoms with Gasteiger partial charge in [0.15, 0.2) is 5.11 Å². The molecular weight excluding hydrogens is 514 g/mol. The molecule has 2 aromatic carbocycles. The molecule has 0 aliphatic carbocycles. The van der Waals surface area contributed by atoms with Crippen LogP contribution in [-0.4, -0.2) is 97.2 Å². The number of ether oxygens (including phenoxy) is 2. The fraction of sp³-hybridized carbons (Fsp3) is 0.483. The summed E-state index contributed by atoms with van der Waals surface area (Å²) in [4.78, 5) is 35.0. The van der Waals surface area contributed by atoms with E-state index in [-0.39, 0.29) is 18.2 Å². The predicted octanol–water partition coefficient (Wildman–Crippen LogP) is 3.45. The van der Waals surface area contributed by atoms with Crippen molar-refractivity contribution in [3.63, 3.8) is 0 Å². The number of hydrogen-bond donors (Lipinski definition) is 1. The van der Waals surface area contributed by atoms with Crippen molar-refractivity contribution < 1.29 is 19.1 Å². The van der Waals surface area contributed by atoms with Crippen LogP contribution >= 0.6 is 12.2 Å². The van der Waals surface area contributed by atoms with Gasteiger partial charge < -0.3 is 24.6 Å². The second kappa shape index (κ2) is 13.7. The van der Waals surface area contributed by atoms with Crippen molar-refractivity contribution in [2.45, 2.75) is 32.7 Å². The van der Waals surface area contributed by atoms with Gasteiger partial charge in [0.1, 0.15) is 17.5 Å². The number of rotatable bonds is 12. The Kier molecular flexibility index (Phi) is 10.1. The molecule has 0 spiro atoms. The lowest BCUT2D eigenvalue weighted by molar-refractivity contribution is -0.124. The molecule has 0 saturated carbocycles. The predicted molar refractivity (Wildman–Crippen MR) is 158 cm³/mol. The molecule has 1 unspecified atom stereocenters. The Bertz CT molecular complexity index is 1120. The normalized spacial score (nSPS) is 18.5. The molecule has 2 heterocycles. The van der Waals surface area contributed by atoms with Crippen molar-refractivity contribution in [3.05, 3.63) is 48.5 Å². The van der Waals surface area contributed by atoms with Gasteiger partial charge in [-0.2, -0.15) is 0 Å². The molecule has 2 aliphatic heterocycles. The van der Waals surface area contributed by atoms with E-state index >= 15 is 0 Å². The second-order valence-corrected chi connectivity index (χ2v) is 10.2. The van der Waals surface area contributed by atoms with Crippen molar-refractivity contribution in [1.29, 1.82) is 0 Å². The quantitative estimate of drug-likeness (QED) is 0.401. The fourth-order valence-electron chi connectivity index (χ4n) is 4.75. The molecule has 0 aromatic heterocycles. The number of thiocarbonyl (C=S) groups is 1. The molecule has 210 valence electrons. The molecule has 2 fully saturated rings. The van der Waals surface area contributed by atoms with Crippen LogP contribution in [0.1, 0.15) is 26.7 Å². The van der Waals surface area contributed by atoms with E-state index in [2.05, 4.69) is 29.1 Å². The van der Waals surface area contributed by atoms with Crippen molar-refractivity contribution in [3.8, 4) is 11.5 Å². The van der Waals surface area contributed by atoms with Crippen LogP contribution in [0, 0.1) is 0 Å². The van der Waals surface area contributed by atoms with E-state index in [1.807, 2.05) is 48.2 Å². The van der Waals surface area contributed by atoms with Gasteiger partial charge in [0.05, 0.1) is 25.3 Å². The Hall–Kier alpha value is -3.21. The van der Waals surface area contributed by atoms with E-state index in [0.717, 1.165) is 50.6 Å². The number of likely N-dealkylation sites (N-methyl/N-ethyl adjacent to an activating group) is 1. The lowest BCUT2D eigenvalue weighted by atomic mass is 10.1. The van der Waals surface area contributed by atoms with Crippen LogP contribution in [0.5, 0.6) is 11.5 Å². The maximum atomic E-state index is 13.7. The minimum absolute atomic E-state index is 0.00330. The number of piperazine rings is 1. The number of carbonyl (C=O) groups excluding carboxylic acids is 2. The molecule has 0 radical (unpaired) electrons. The zero-order valence-corrected chi connectivity index (χ0v) is 23.9. The standard InChI is InChI=1S/C29H39N5O4S/c1-4-20-38-25-10-6-22(7-11-25)30-27(35)21-26-28(36)34(23-8-12-24(13-9-23)37-5-2)29(39)33(26)19-18-32-16-14-31(3)15-17-32/h6-13,26H,4-5,14-21H2,1-3H3,(H,30,35). The minimum atomic E-state index is -0.677. The lowest BCUT2D eigenvalue weighted by Crippen LogP contribution is -2.48. The first-order valence-electron chi connectivity index (χ1n) is 13.7. The van der Waals surface area contributed by atoms with Crippen LogP contribution in [-0.2, 0) is 9.59 Å². The van der Waals surface area contributed by atoms with E-state index in [4.69, 9.17) is 21.7 Å². The topological polar surface area (TPSA) is 77.6 Å². The maximum Gasteiger partial charge on any atom is 0.256 e. The Labute approximate surface area is 236 Å². The molecule has 2 amide bonds. The highest BCUT2D eigenvalue weighted by atomic mass is 32.1. The molecule has 2 aliphatic rings. The van der Waals surface area contributed by atoms with E-state index in [0.29, 0.717) is 36.2 Å². The monoisotopic (exact) mass is 553 g/mol. The van der Waals surface area contributed by atoms with E-state index in [9.17, 15) is 9.59 Å². The molecule has 2 aromatic rings. The van der Waals surface area contributed by atoms with Gasteiger partial charge in [-0.3, -0.25) is 19.4 Å². The fourth-order valence-corrected chi connectivity index (χ4v) is 5.16. The first kappa shape index (κ1) is 28.8. The maximum absolute atomic E-state index is 13.7. The number of amides is 2. The largest absolute Gasteiger partial charge is 0.494 e. The van der Waals surface area contributed by atoms with Crippen LogP contribution in [0.4, 0.5) is 11.4 Å². The van der Waals surface area contributed by atoms with Gasteiger partial charge in [0.2, 0.25) is 5.91 Å². The summed E-state index contributed by atoms with van der Waals surface area (Å²) in [5, 5.41) is 3.35. The molecular formula is C29H39N5O4S. The molecule has 0 bridgehead atoms. The number of nitrogens with one attached hydrogen (secondary N) is 1. The van der Waals surface area contributed by atoms with E-state index in [1.165, 1.54) is 0 Å². The minimum Gasteiger partial charge on any atom is -0.494 e. The summed E-state index contributed by atoms with van der Waals surface area (Å²) in [6, 6.07) is 13.9. The van der Waals surface area contributed by atoms with Crippen LogP contribution in [0.25, 0.3) is 0 Å².